The number of aromatic nitrogens is 2. The molecule has 8 nitrogen and oxygen atoms in total. The Morgan fingerprint density at radius 3 is 2.25 bits per heavy atom. The summed E-state index contributed by atoms with van der Waals surface area (Å²) in [5, 5.41) is 10.2. The molecule has 0 saturated heterocycles. The first-order valence-corrected chi connectivity index (χ1v) is 12.9. The molecule has 0 spiro atoms. The largest absolute Gasteiger partial charge is 0.416 e. The van der Waals surface area contributed by atoms with Crippen molar-refractivity contribution in [2.24, 2.45) is 0 Å². The van der Waals surface area contributed by atoms with Crippen molar-refractivity contribution in [3.05, 3.63) is 70.9 Å². The van der Waals surface area contributed by atoms with Crippen molar-refractivity contribution >= 4 is 23.4 Å². The van der Waals surface area contributed by atoms with Crippen molar-refractivity contribution in [2.45, 2.75) is 52.6 Å². The van der Waals surface area contributed by atoms with Crippen LogP contribution in [-0.2, 0) is 21.1 Å². The molecule has 0 saturated carbocycles. The van der Waals surface area contributed by atoms with Gasteiger partial charge in [0.15, 0.2) is 0 Å². The summed E-state index contributed by atoms with van der Waals surface area (Å²) in [6.45, 7) is 10.3. The van der Waals surface area contributed by atoms with Crippen LogP contribution < -0.4 is 10.6 Å². The molecule has 216 valence electrons. The molecule has 3 rings (SSSR count). The molecular weight excluding hydrogens is 523 g/mol. The molecule has 0 radical (unpaired) electrons. The van der Waals surface area contributed by atoms with Crippen molar-refractivity contribution in [3.63, 3.8) is 0 Å². The SMILES string of the molecule is COCCCN(CC(=O)Nc1cc(C(C)(C)C)nn1-c1ccc(C)cc1C)C(=O)Nc1ccc(C(F)(F)F)cc1. The summed E-state index contributed by atoms with van der Waals surface area (Å²) in [5.41, 5.74) is 2.75. The molecule has 2 N–H and O–H groups in total. The lowest BCUT2D eigenvalue weighted by Crippen LogP contribution is -2.41. The van der Waals surface area contributed by atoms with Gasteiger partial charge in [0.1, 0.15) is 12.4 Å². The molecule has 0 aliphatic rings. The number of amides is 3. The van der Waals surface area contributed by atoms with Gasteiger partial charge in [-0.25, -0.2) is 9.48 Å². The monoisotopic (exact) mass is 559 g/mol. The summed E-state index contributed by atoms with van der Waals surface area (Å²) in [6.07, 6.45) is -4.03. The van der Waals surface area contributed by atoms with Gasteiger partial charge in [0, 0.05) is 37.4 Å². The zero-order chi connectivity index (χ0) is 29.7. The number of halogens is 3. The van der Waals surface area contributed by atoms with Gasteiger partial charge in [0.05, 0.1) is 16.9 Å². The predicted octanol–water partition coefficient (Wildman–Crippen LogP) is 6.31. The molecule has 2 aromatic carbocycles. The Bertz CT molecular complexity index is 1330. The van der Waals surface area contributed by atoms with E-state index in [0.717, 1.165) is 34.6 Å². The summed E-state index contributed by atoms with van der Waals surface area (Å²) in [5.74, 6) is 0.00762. The Balaban J connectivity index is 1.81. The average molecular weight is 560 g/mol. The summed E-state index contributed by atoms with van der Waals surface area (Å²) < 4.78 is 45.4. The average Bonchev–Trinajstić information content (AvgIpc) is 3.27. The fourth-order valence-corrected chi connectivity index (χ4v) is 4.02. The molecule has 0 atom stereocenters. The normalized spacial score (nSPS) is 11.8. The Labute approximate surface area is 232 Å². The van der Waals surface area contributed by atoms with E-state index >= 15 is 0 Å². The van der Waals surface area contributed by atoms with Gasteiger partial charge in [0.2, 0.25) is 5.91 Å². The number of rotatable bonds is 9. The second kappa shape index (κ2) is 12.5. The predicted molar refractivity (Wildman–Crippen MR) is 149 cm³/mol. The van der Waals surface area contributed by atoms with Gasteiger partial charge < -0.3 is 20.3 Å². The molecule has 1 aromatic heterocycles. The van der Waals surface area contributed by atoms with E-state index in [1.165, 1.54) is 24.1 Å². The Hall–Kier alpha value is -3.86. The Kier molecular flexibility index (Phi) is 9.62. The van der Waals surface area contributed by atoms with E-state index in [1.807, 2.05) is 58.9 Å². The first-order valence-electron chi connectivity index (χ1n) is 12.9. The first-order chi connectivity index (χ1) is 18.7. The van der Waals surface area contributed by atoms with Crippen LogP contribution in [0.1, 0.15) is 49.6 Å². The lowest BCUT2D eigenvalue weighted by Gasteiger charge is -2.23. The fraction of sp³-hybridized carbons (Fsp3) is 0.414. The quantitative estimate of drug-likeness (QED) is 0.301. The number of anilines is 2. The zero-order valence-corrected chi connectivity index (χ0v) is 23.6. The third kappa shape index (κ3) is 8.08. The third-order valence-electron chi connectivity index (χ3n) is 6.19. The zero-order valence-electron chi connectivity index (χ0n) is 23.6. The van der Waals surface area contributed by atoms with Crippen LogP contribution in [0.4, 0.5) is 29.5 Å². The highest BCUT2D eigenvalue weighted by molar-refractivity contribution is 5.96. The molecule has 1 heterocycles. The van der Waals surface area contributed by atoms with Gasteiger partial charge in [-0.15, -0.1) is 0 Å². The van der Waals surface area contributed by atoms with Gasteiger partial charge in [-0.05, 0) is 56.2 Å². The Morgan fingerprint density at radius 1 is 1.00 bits per heavy atom. The number of carbonyl (C=O) groups excluding carboxylic acids is 2. The third-order valence-corrected chi connectivity index (χ3v) is 6.19. The van der Waals surface area contributed by atoms with Crippen molar-refractivity contribution in [3.8, 4) is 5.69 Å². The lowest BCUT2D eigenvalue weighted by atomic mass is 9.92. The van der Waals surface area contributed by atoms with Crippen molar-refractivity contribution in [2.75, 3.05) is 37.4 Å². The van der Waals surface area contributed by atoms with Crippen LogP contribution in [0.3, 0.4) is 0 Å². The number of ether oxygens (including phenoxy) is 1. The maximum Gasteiger partial charge on any atom is 0.416 e. The molecule has 11 heteroatoms. The number of nitrogens with zero attached hydrogens (tertiary/aromatic N) is 3. The first kappa shape index (κ1) is 30.7. The molecule has 0 fully saturated rings. The second-order valence-corrected chi connectivity index (χ2v) is 10.7. The molecule has 3 aromatic rings. The highest BCUT2D eigenvalue weighted by Gasteiger charge is 2.30. The molecular formula is C29H36F3N5O3. The van der Waals surface area contributed by atoms with Gasteiger partial charge >= 0.3 is 12.2 Å². The molecule has 0 bridgehead atoms. The van der Waals surface area contributed by atoms with E-state index in [2.05, 4.69) is 10.6 Å². The van der Waals surface area contributed by atoms with Gasteiger partial charge in [-0.2, -0.15) is 18.3 Å². The van der Waals surface area contributed by atoms with E-state index in [9.17, 15) is 22.8 Å². The van der Waals surface area contributed by atoms with Crippen LogP contribution in [0.2, 0.25) is 0 Å². The van der Waals surface area contributed by atoms with Crippen molar-refractivity contribution in [1.29, 1.82) is 0 Å². The van der Waals surface area contributed by atoms with Gasteiger partial charge in [-0.3, -0.25) is 4.79 Å². The van der Waals surface area contributed by atoms with Crippen LogP contribution in [0.25, 0.3) is 5.69 Å². The molecule has 0 unspecified atom stereocenters. The maximum atomic E-state index is 13.2. The summed E-state index contributed by atoms with van der Waals surface area (Å²) in [4.78, 5) is 27.5. The number of urea groups is 1. The van der Waals surface area contributed by atoms with E-state index in [-0.39, 0.29) is 24.2 Å². The lowest BCUT2D eigenvalue weighted by molar-refractivity contribution is -0.137. The van der Waals surface area contributed by atoms with E-state index < -0.39 is 23.7 Å². The number of benzene rings is 2. The maximum absolute atomic E-state index is 13.2. The fourth-order valence-electron chi connectivity index (χ4n) is 4.02. The van der Waals surface area contributed by atoms with Crippen molar-refractivity contribution in [1.82, 2.24) is 14.7 Å². The summed E-state index contributed by atoms with van der Waals surface area (Å²) in [6, 6.07) is 11.2. The van der Waals surface area contributed by atoms with E-state index in [4.69, 9.17) is 9.84 Å². The van der Waals surface area contributed by atoms with Crippen LogP contribution in [0.15, 0.2) is 48.5 Å². The molecule has 0 aliphatic carbocycles. The van der Waals surface area contributed by atoms with Gasteiger partial charge in [-0.1, -0.05) is 38.5 Å². The number of methoxy groups -OCH3 is 1. The number of hydrogen-bond acceptors (Lipinski definition) is 4. The number of alkyl halides is 3. The number of aryl methyl sites for hydroxylation is 2. The summed E-state index contributed by atoms with van der Waals surface area (Å²) in [7, 11) is 1.53. The highest BCUT2D eigenvalue weighted by atomic mass is 19.4. The molecule has 0 aliphatic heterocycles. The number of nitrogens with one attached hydrogen (secondary N) is 2. The van der Waals surface area contributed by atoms with Crippen LogP contribution in [0.5, 0.6) is 0 Å². The van der Waals surface area contributed by atoms with Crippen LogP contribution >= 0.6 is 0 Å². The minimum atomic E-state index is -4.48. The van der Waals surface area contributed by atoms with Gasteiger partial charge in [0.25, 0.3) is 0 Å². The minimum Gasteiger partial charge on any atom is -0.385 e. The van der Waals surface area contributed by atoms with Crippen molar-refractivity contribution < 1.29 is 27.5 Å². The molecule has 40 heavy (non-hydrogen) atoms. The number of carbonyl (C=O) groups is 2. The smallest absolute Gasteiger partial charge is 0.385 e. The van der Waals surface area contributed by atoms with Crippen LogP contribution in [-0.4, -0.2) is 53.4 Å². The van der Waals surface area contributed by atoms with Crippen LogP contribution in [0, 0.1) is 13.8 Å². The van der Waals surface area contributed by atoms with E-state index in [0.29, 0.717) is 18.8 Å². The molecule has 3 amide bonds. The minimum absolute atomic E-state index is 0.179. The topological polar surface area (TPSA) is 88.5 Å². The highest BCUT2D eigenvalue weighted by Crippen LogP contribution is 2.30. The van der Waals surface area contributed by atoms with E-state index in [1.54, 1.807) is 4.68 Å². The second-order valence-electron chi connectivity index (χ2n) is 10.7. The Morgan fingerprint density at radius 2 is 1.68 bits per heavy atom. The number of hydrogen-bond donors (Lipinski definition) is 2. The summed E-state index contributed by atoms with van der Waals surface area (Å²) >= 11 is 0. The standard InChI is InChI=1S/C29H36F3N5O3/c1-19-8-13-23(20(2)16-19)37-25(17-24(35-37)28(3,4)5)34-26(38)18-36(14-7-15-40-6)27(39)33-22-11-9-21(10-12-22)29(30,31)32/h8-13,16-17H,7,14-15,18H2,1-6H3,(H,33,39)(H,34,38).